The summed E-state index contributed by atoms with van der Waals surface area (Å²) in [5, 5.41) is 8.09. The summed E-state index contributed by atoms with van der Waals surface area (Å²) in [5.41, 5.74) is 1.16. The number of aliphatic carboxylic acids is 1. The Morgan fingerprint density at radius 1 is 1.20 bits per heavy atom. The van der Waals surface area contributed by atoms with Crippen molar-refractivity contribution in [2.75, 3.05) is 5.75 Å². The van der Waals surface area contributed by atoms with Crippen LogP contribution in [0.4, 0.5) is 0 Å². The fourth-order valence-electron chi connectivity index (χ4n) is 1.10. The zero-order valence-corrected chi connectivity index (χ0v) is 9.00. The first kappa shape index (κ1) is 11.8. The Morgan fingerprint density at radius 3 is 2.47 bits per heavy atom. The lowest BCUT2D eigenvalue weighted by Gasteiger charge is -1.99. The van der Waals surface area contributed by atoms with Crippen molar-refractivity contribution in [1.82, 2.24) is 0 Å². The summed E-state index contributed by atoms with van der Waals surface area (Å²) < 4.78 is 0. The number of hydrogen-bond donors (Lipinski definition) is 1. The van der Waals surface area contributed by atoms with Crippen LogP contribution in [-0.4, -0.2) is 21.9 Å². The molecule has 0 aliphatic heterocycles. The van der Waals surface area contributed by atoms with Crippen molar-refractivity contribution in [2.45, 2.75) is 12.8 Å². The maximum atomic E-state index is 11.0. The molecule has 1 N–H and O–H groups in total. The Bertz CT molecular complexity index is 335. The first-order chi connectivity index (χ1) is 7.18. The predicted molar refractivity (Wildman–Crippen MR) is 59.9 cm³/mol. The second-order valence-electron chi connectivity index (χ2n) is 3.03. The zero-order chi connectivity index (χ0) is 11.1. The monoisotopic (exact) mass is 224 g/mol. The van der Waals surface area contributed by atoms with Crippen LogP contribution in [0.2, 0.25) is 0 Å². The lowest BCUT2D eigenvalue weighted by Crippen LogP contribution is -2.03. The number of hydrogen-bond acceptors (Lipinski definition) is 3. The lowest BCUT2D eigenvalue weighted by atomic mass is 10.2. The minimum Gasteiger partial charge on any atom is -0.481 e. The van der Waals surface area contributed by atoms with Crippen LogP contribution in [0.15, 0.2) is 30.3 Å². The smallest absolute Gasteiger partial charge is 0.311 e. The molecule has 15 heavy (non-hydrogen) atoms. The maximum Gasteiger partial charge on any atom is 0.311 e. The third kappa shape index (κ3) is 5.22. The standard InChI is InChI=1S/C11H12O3S/c12-10(13)8-11(14)15-7-6-9-4-2-1-3-5-9/h1-5H,6-8H2,(H,12,13). The van der Waals surface area contributed by atoms with E-state index in [1.54, 1.807) is 0 Å². The van der Waals surface area contributed by atoms with Gasteiger partial charge in [-0.15, -0.1) is 0 Å². The van der Waals surface area contributed by atoms with E-state index in [9.17, 15) is 9.59 Å². The van der Waals surface area contributed by atoms with Gasteiger partial charge in [0.05, 0.1) is 0 Å². The van der Waals surface area contributed by atoms with Crippen LogP contribution >= 0.6 is 11.8 Å². The molecule has 0 bridgehead atoms. The van der Waals surface area contributed by atoms with E-state index in [-0.39, 0.29) is 11.5 Å². The van der Waals surface area contributed by atoms with Gasteiger partial charge < -0.3 is 5.11 Å². The number of carboxylic acids is 1. The average molecular weight is 224 g/mol. The number of aryl methyl sites for hydroxylation is 1. The highest BCUT2D eigenvalue weighted by Gasteiger charge is 2.07. The zero-order valence-electron chi connectivity index (χ0n) is 8.18. The summed E-state index contributed by atoms with van der Waals surface area (Å²) in [6.07, 6.45) is 0.399. The van der Waals surface area contributed by atoms with Gasteiger partial charge in [-0.1, -0.05) is 42.1 Å². The minimum absolute atomic E-state index is 0.279. The van der Waals surface area contributed by atoms with E-state index in [2.05, 4.69) is 0 Å². The second kappa shape index (κ2) is 6.24. The van der Waals surface area contributed by atoms with Gasteiger partial charge in [-0.2, -0.15) is 0 Å². The van der Waals surface area contributed by atoms with Gasteiger partial charge in [0.25, 0.3) is 0 Å². The summed E-state index contributed by atoms with van der Waals surface area (Å²) in [6.45, 7) is 0. The number of carbonyl (C=O) groups excluding carboxylic acids is 1. The van der Waals surface area contributed by atoms with Crippen molar-refractivity contribution in [1.29, 1.82) is 0 Å². The lowest BCUT2D eigenvalue weighted by molar-refractivity contribution is -0.138. The van der Waals surface area contributed by atoms with E-state index in [4.69, 9.17) is 5.11 Å². The van der Waals surface area contributed by atoms with Gasteiger partial charge in [0, 0.05) is 5.75 Å². The van der Waals surface area contributed by atoms with E-state index < -0.39 is 5.97 Å². The second-order valence-corrected chi connectivity index (χ2v) is 4.18. The molecule has 80 valence electrons. The van der Waals surface area contributed by atoms with Crippen molar-refractivity contribution in [3.05, 3.63) is 35.9 Å². The number of benzene rings is 1. The summed E-state index contributed by atoms with van der Waals surface area (Å²) in [6, 6.07) is 9.80. The van der Waals surface area contributed by atoms with Crippen LogP contribution in [0.1, 0.15) is 12.0 Å². The van der Waals surface area contributed by atoms with E-state index in [0.29, 0.717) is 5.75 Å². The quantitative estimate of drug-likeness (QED) is 0.777. The predicted octanol–water partition coefficient (Wildman–Crippen LogP) is 1.96. The fourth-order valence-corrected chi connectivity index (χ4v) is 1.89. The molecule has 1 aromatic carbocycles. The molecule has 0 radical (unpaired) electrons. The minimum atomic E-state index is -1.06. The van der Waals surface area contributed by atoms with Crippen molar-refractivity contribution in [2.24, 2.45) is 0 Å². The van der Waals surface area contributed by atoms with Crippen LogP contribution in [-0.2, 0) is 16.0 Å². The molecule has 0 amide bonds. The molecule has 0 spiro atoms. The van der Waals surface area contributed by atoms with Crippen LogP contribution in [0.5, 0.6) is 0 Å². The van der Waals surface area contributed by atoms with Gasteiger partial charge in [-0.3, -0.25) is 9.59 Å². The number of carbonyl (C=O) groups is 2. The molecule has 0 atom stereocenters. The normalized spacial score (nSPS) is 9.87. The summed E-state index contributed by atoms with van der Waals surface area (Å²) in [5.74, 6) is -0.428. The van der Waals surface area contributed by atoms with Crippen LogP contribution in [0.3, 0.4) is 0 Å². The van der Waals surface area contributed by atoms with E-state index in [1.807, 2.05) is 30.3 Å². The van der Waals surface area contributed by atoms with Gasteiger partial charge in [-0.25, -0.2) is 0 Å². The fraction of sp³-hybridized carbons (Fsp3) is 0.273. The Morgan fingerprint density at radius 2 is 1.87 bits per heavy atom. The highest BCUT2D eigenvalue weighted by atomic mass is 32.2. The van der Waals surface area contributed by atoms with Gasteiger partial charge in [0.1, 0.15) is 6.42 Å². The highest BCUT2D eigenvalue weighted by Crippen LogP contribution is 2.09. The molecule has 3 nitrogen and oxygen atoms in total. The molecule has 0 aliphatic carbocycles. The third-order valence-corrected chi connectivity index (χ3v) is 2.67. The van der Waals surface area contributed by atoms with Crippen LogP contribution in [0, 0.1) is 0 Å². The Balaban J connectivity index is 2.22. The Kier molecular flexibility index (Phi) is 4.90. The molecule has 0 heterocycles. The van der Waals surface area contributed by atoms with Crippen LogP contribution < -0.4 is 0 Å². The van der Waals surface area contributed by atoms with Crippen molar-refractivity contribution in [3.8, 4) is 0 Å². The highest BCUT2D eigenvalue weighted by molar-refractivity contribution is 8.13. The molecule has 0 saturated carbocycles. The number of rotatable bonds is 5. The maximum absolute atomic E-state index is 11.0. The molecule has 1 rings (SSSR count). The van der Waals surface area contributed by atoms with Gasteiger partial charge in [0.15, 0.2) is 5.12 Å². The molecular formula is C11H12O3S. The first-order valence-corrected chi connectivity index (χ1v) is 5.58. The van der Waals surface area contributed by atoms with Crippen molar-refractivity contribution in [3.63, 3.8) is 0 Å². The Hall–Kier alpha value is -1.29. The third-order valence-electron chi connectivity index (χ3n) is 1.79. The Labute approximate surface area is 92.5 Å². The average Bonchev–Trinajstić information content (AvgIpc) is 2.18. The molecule has 0 unspecified atom stereocenters. The van der Waals surface area contributed by atoms with Crippen molar-refractivity contribution >= 4 is 22.8 Å². The molecule has 4 heteroatoms. The summed E-state index contributed by atoms with van der Waals surface area (Å²) in [7, 11) is 0. The largest absolute Gasteiger partial charge is 0.481 e. The molecular weight excluding hydrogens is 212 g/mol. The summed E-state index contributed by atoms with van der Waals surface area (Å²) in [4.78, 5) is 21.2. The summed E-state index contributed by atoms with van der Waals surface area (Å²) >= 11 is 1.08. The number of thioether (sulfide) groups is 1. The van der Waals surface area contributed by atoms with E-state index in [1.165, 1.54) is 0 Å². The molecule has 0 aromatic heterocycles. The van der Waals surface area contributed by atoms with Crippen molar-refractivity contribution < 1.29 is 14.7 Å². The SMILES string of the molecule is O=C(O)CC(=O)SCCc1ccccc1. The van der Waals surface area contributed by atoms with Gasteiger partial charge >= 0.3 is 5.97 Å². The molecule has 0 fully saturated rings. The topological polar surface area (TPSA) is 54.4 Å². The first-order valence-electron chi connectivity index (χ1n) is 4.60. The van der Waals surface area contributed by atoms with E-state index >= 15 is 0 Å². The van der Waals surface area contributed by atoms with Crippen LogP contribution in [0.25, 0.3) is 0 Å². The van der Waals surface area contributed by atoms with E-state index in [0.717, 1.165) is 23.7 Å². The molecule has 0 aliphatic rings. The van der Waals surface area contributed by atoms with Gasteiger partial charge in [-0.05, 0) is 12.0 Å². The molecule has 0 saturated heterocycles. The number of carboxylic acid groups (broad SMARTS) is 1. The van der Waals surface area contributed by atoms with Gasteiger partial charge in [0.2, 0.25) is 0 Å². The molecule has 1 aromatic rings.